The molecule has 2 unspecified atom stereocenters. The number of esters is 2. The van der Waals surface area contributed by atoms with Gasteiger partial charge in [0, 0.05) is 82.1 Å². The second kappa shape index (κ2) is 11.8. The van der Waals surface area contributed by atoms with E-state index in [1.807, 2.05) is 6.92 Å². The van der Waals surface area contributed by atoms with Crippen molar-refractivity contribution in [3.05, 3.63) is 29.8 Å². The van der Waals surface area contributed by atoms with E-state index in [0.29, 0.717) is 32.4 Å². The normalized spacial score (nSPS) is 46.4. The maximum Gasteiger partial charge on any atom is 0.340 e. The molecule has 2 heterocycles. The Kier molecular flexibility index (Phi) is 8.11. The highest BCUT2D eigenvalue weighted by Crippen LogP contribution is 2.80. The van der Waals surface area contributed by atoms with Crippen molar-refractivity contribution in [2.75, 3.05) is 45.9 Å². The second-order valence-corrected chi connectivity index (χ2v) is 16.3. The lowest BCUT2D eigenvalue weighted by atomic mass is 9.42. The summed E-state index contributed by atoms with van der Waals surface area (Å²) < 4.78 is 31.1. The zero-order valence-corrected chi connectivity index (χ0v) is 30.2. The number of hydrogen-bond donors (Lipinski definition) is 2. The number of ether oxygens (including phenoxy) is 5. The fourth-order valence-corrected chi connectivity index (χ4v) is 13.2. The average molecular weight is 711 g/mol. The number of carbonyl (C=O) groups excluding carboxylic acids is 4. The minimum Gasteiger partial charge on any atom is -0.462 e. The summed E-state index contributed by atoms with van der Waals surface area (Å²) in [5.74, 6) is -3.55. The first-order valence-electron chi connectivity index (χ1n) is 18.4. The highest BCUT2D eigenvalue weighted by molar-refractivity contribution is 6.22. The minimum atomic E-state index is -1.82. The molecule has 7 fully saturated rings. The van der Waals surface area contributed by atoms with Crippen molar-refractivity contribution in [1.82, 2.24) is 4.90 Å². The van der Waals surface area contributed by atoms with Crippen LogP contribution in [0.1, 0.15) is 63.2 Å². The molecule has 0 radical (unpaired) electrons. The SMILES string of the molecule is CCN1C[C@]2(COC(=O)c3ccccc3N3C(=O)CC(C)C3=O)CC[C@H](OC)[C@]34C1[C@](O)([C@@H](OC)[C@H]23)[C@@]1(O)C[C@H](OC(C)=O)[C@H]2C[C@@H]4[C@@H]1[C@H]2OC. The number of imide groups is 1. The average Bonchev–Trinajstić information content (AvgIpc) is 3.64. The van der Waals surface area contributed by atoms with E-state index >= 15 is 0 Å². The molecular weight excluding hydrogens is 660 g/mol. The molecule has 13 nitrogen and oxygen atoms in total. The largest absolute Gasteiger partial charge is 0.462 e. The van der Waals surface area contributed by atoms with E-state index < -0.39 is 70.2 Å². The van der Waals surface area contributed by atoms with Gasteiger partial charge in [0.05, 0.1) is 42.2 Å². The third-order valence-electron chi connectivity index (χ3n) is 14.5. The fraction of sp³-hybridized carbons (Fsp3) is 0.737. The number of anilines is 1. The van der Waals surface area contributed by atoms with Gasteiger partial charge in [0.1, 0.15) is 17.3 Å². The number of rotatable bonds is 9. The maximum absolute atomic E-state index is 14.1. The van der Waals surface area contributed by atoms with E-state index in [4.69, 9.17) is 23.7 Å². The van der Waals surface area contributed by atoms with Crippen LogP contribution in [-0.4, -0.2) is 122 Å². The molecule has 7 bridgehead atoms. The summed E-state index contributed by atoms with van der Waals surface area (Å²) in [6.07, 6.45) is -0.365. The summed E-state index contributed by atoms with van der Waals surface area (Å²) >= 11 is 0. The molecule has 5 aliphatic carbocycles. The molecule has 1 aromatic carbocycles. The van der Waals surface area contributed by atoms with Crippen molar-refractivity contribution in [3.63, 3.8) is 0 Å². The number of amides is 2. The molecule has 51 heavy (non-hydrogen) atoms. The summed E-state index contributed by atoms with van der Waals surface area (Å²) in [7, 11) is 4.88. The molecule has 13 heteroatoms. The summed E-state index contributed by atoms with van der Waals surface area (Å²) in [4.78, 5) is 55.6. The van der Waals surface area contributed by atoms with Gasteiger partial charge < -0.3 is 33.9 Å². The number of fused-ring (bicyclic) bond motifs is 2. The fourth-order valence-electron chi connectivity index (χ4n) is 13.2. The first-order chi connectivity index (χ1) is 24.3. The van der Waals surface area contributed by atoms with Gasteiger partial charge in [-0.1, -0.05) is 26.0 Å². The van der Waals surface area contributed by atoms with Crippen LogP contribution in [0.15, 0.2) is 24.3 Å². The lowest BCUT2D eigenvalue weighted by molar-refractivity contribution is -0.319. The van der Waals surface area contributed by atoms with Gasteiger partial charge in [0.15, 0.2) is 0 Å². The Bertz CT molecular complexity index is 1650. The molecule has 14 atom stereocenters. The quantitative estimate of drug-likeness (QED) is 0.284. The Balaban J connectivity index is 1.23. The minimum absolute atomic E-state index is 0.0104. The highest BCUT2D eigenvalue weighted by Gasteiger charge is 2.91. The van der Waals surface area contributed by atoms with Crippen molar-refractivity contribution < 1.29 is 53.1 Å². The first kappa shape index (κ1) is 35.1. The number of piperidine rings is 1. The lowest BCUT2D eigenvalue weighted by Crippen LogP contribution is -2.82. The number of hydrogen-bond acceptors (Lipinski definition) is 12. The zero-order chi connectivity index (χ0) is 36.4. The standard InChI is InChI=1S/C38H50N2O11/c1-7-39-17-35(18-50-33(44)21-10-8-9-11-24(21)40-27(42)14-19(2)32(40)43)13-12-26(47-4)37-23-15-22-25(51-20(3)41)16-36(45,28(23)29(22)48-5)38(46,34(37)39)31(49-6)30(35)37/h8-11,19,22-23,25-26,28-31,34,45-46H,7,12-18H2,1-6H3/t19?,22-,23-,25+,26+,28-,29+,30-,31+,34?,35+,36-,37+,38-/m1/s1. The van der Waals surface area contributed by atoms with Crippen molar-refractivity contribution >= 4 is 29.4 Å². The van der Waals surface area contributed by atoms with Gasteiger partial charge >= 0.3 is 11.9 Å². The van der Waals surface area contributed by atoms with Gasteiger partial charge in [-0.25, -0.2) is 9.69 Å². The molecule has 278 valence electrons. The molecule has 2 saturated heterocycles. The van der Waals surface area contributed by atoms with Gasteiger partial charge in [0.25, 0.3) is 0 Å². The van der Waals surface area contributed by atoms with E-state index in [2.05, 4.69) is 4.90 Å². The van der Waals surface area contributed by atoms with Crippen LogP contribution in [0.3, 0.4) is 0 Å². The van der Waals surface area contributed by atoms with Crippen LogP contribution in [0, 0.1) is 40.4 Å². The number of para-hydroxylation sites is 1. The molecule has 1 spiro atoms. The van der Waals surface area contributed by atoms with Crippen molar-refractivity contribution in [2.45, 2.75) is 94.5 Å². The number of aliphatic hydroxyl groups is 2. The number of methoxy groups -OCH3 is 3. The van der Waals surface area contributed by atoms with Crippen LogP contribution in [-0.2, 0) is 38.1 Å². The topological polar surface area (TPSA) is 161 Å². The molecule has 7 aliphatic rings. The summed E-state index contributed by atoms with van der Waals surface area (Å²) in [6, 6.07) is 5.96. The predicted octanol–water partition coefficient (Wildman–Crippen LogP) is 1.95. The van der Waals surface area contributed by atoms with Crippen LogP contribution in [0.4, 0.5) is 5.69 Å². The monoisotopic (exact) mass is 710 g/mol. The van der Waals surface area contributed by atoms with Crippen molar-refractivity contribution in [1.29, 1.82) is 0 Å². The second-order valence-electron chi connectivity index (χ2n) is 16.3. The Morgan fingerprint density at radius 2 is 1.80 bits per heavy atom. The van der Waals surface area contributed by atoms with E-state index in [-0.39, 0.29) is 66.4 Å². The lowest BCUT2D eigenvalue weighted by Gasteiger charge is -2.70. The number of nitrogens with zero attached hydrogens (tertiary/aromatic N) is 2. The number of likely N-dealkylation sites (tertiary alicyclic amines) is 1. The van der Waals surface area contributed by atoms with E-state index in [9.17, 15) is 29.4 Å². The summed E-state index contributed by atoms with van der Waals surface area (Å²) in [5, 5.41) is 26.7. The van der Waals surface area contributed by atoms with Gasteiger partial charge in [0.2, 0.25) is 11.8 Å². The molecule has 1 aromatic rings. The van der Waals surface area contributed by atoms with E-state index in [1.165, 1.54) is 6.92 Å². The van der Waals surface area contributed by atoms with Gasteiger partial charge in [-0.05, 0) is 43.9 Å². The summed E-state index contributed by atoms with van der Waals surface area (Å²) in [6.45, 7) is 6.10. The highest BCUT2D eigenvalue weighted by atomic mass is 16.6. The Labute approximate surface area is 297 Å². The Morgan fingerprint density at radius 1 is 1.06 bits per heavy atom. The van der Waals surface area contributed by atoms with Crippen LogP contribution >= 0.6 is 0 Å². The van der Waals surface area contributed by atoms with Crippen LogP contribution in [0.25, 0.3) is 0 Å². The Hall–Kier alpha value is -2.94. The molecule has 0 aromatic heterocycles. The third kappa shape index (κ3) is 4.19. The van der Waals surface area contributed by atoms with Gasteiger partial charge in [-0.2, -0.15) is 0 Å². The van der Waals surface area contributed by atoms with Gasteiger partial charge in [-0.15, -0.1) is 0 Å². The zero-order valence-electron chi connectivity index (χ0n) is 30.2. The van der Waals surface area contributed by atoms with Crippen molar-refractivity contribution in [2.24, 2.45) is 40.4 Å². The maximum atomic E-state index is 14.1. The van der Waals surface area contributed by atoms with Gasteiger partial charge in [-0.3, -0.25) is 19.3 Å². The molecule has 2 amide bonds. The predicted molar refractivity (Wildman–Crippen MR) is 179 cm³/mol. The number of carbonyl (C=O) groups is 4. The molecule has 8 rings (SSSR count). The molecular formula is C38H50N2O11. The number of likely N-dealkylation sites (N-methyl/N-ethyl adjacent to an activating group) is 1. The first-order valence-corrected chi connectivity index (χ1v) is 18.4. The molecule has 5 saturated carbocycles. The Morgan fingerprint density at radius 3 is 2.43 bits per heavy atom. The van der Waals surface area contributed by atoms with E-state index in [1.54, 1.807) is 52.5 Å². The number of benzene rings is 1. The smallest absolute Gasteiger partial charge is 0.340 e. The van der Waals surface area contributed by atoms with Crippen molar-refractivity contribution in [3.8, 4) is 0 Å². The third-order valence-corrected chi connectivity index (χ3v) is 14.5. The van der Waals surface area contributed by atoms with E-state index in [0.717, 1.165) is 4.90 Å². The molecule has 2 aliphatic heterocycles. The summed E-state index contributed by atoms with van der Waals surface area (Å²) in [5.41, 5.74) is -4.67. The van der Waals surface area contributed by atoms with Crippen LogP contribution < -0.4 is 4.90 Å². The molecule has 2 N–H and O–H groups in total. The van der Waals surface area contributed by atoms with Crippen LogP contribution in [0.2, 0.25) is 0 Å². The van der Waals surface area contributed by atoms with Crippen LogP contribution in [0.5, 0.6) is 0 Å².